The molecular formula is C17H27NO2. The number of hydrogen-bond donors (Lipinski definition) is 1. The SMILES string of the molecule is COCCNC(C)C(C)CC1OCCc2ccccc21. The first-order valence-electron chi connectivity index (χ1n) is 7.64. The van der Waals surface area contributed by atoms with Gasteiger partial charge >= 0.3 is 0 Å². The molecule has 0 amide bonds. The van der Waals surface area contributed by atoms with Crippen molar-refractivity contribution in [2.45, 2.75) is 38.8 Å². The van der Waals surface area contributed by atoms with Gasteiger partial charge in [0.25, 0.3) is 0 Å². The molecule has 3 heteroatoms. The number of ether oxygens (including phenoxy) is 2. The van der Waals surface area contributed by atoms with E-state index in [0.717, 1.165) is 32.6 Å². The normalized spacial score (nSPS) is 21.2. The van der Waals surface area contributed by atoms with Gasteiger partial charge in [-0.25, -0.2) is 0 Å². The number of fused-ring (bicyclic) bond motifs is 1. The molecule has 3 atom stereocenters. The highest BCUT2D eigenvalue weighted by atomic mass is 16.5. The first-order valence-corrected chi connectivity index (χ1v) is 7.64. The van der Waals surface area contributed by atoms with E-state index in [9.17, 15) is 0 Å². The predicted molar refractivity (Wildman–Crippen MR) is 82.0 cm³/mol. The quantitative estimate of drug-likeness (QED) is 0.777. The van der Waals surface area contributed by atoms with Crippen LogP contribution in [0.5, 0.6) is 0 Å². The van der Waals surface area contributed by atoms with Gasteiger partial charge in [-0.3, -0.25) is 0 Å². The minimum Gasteiger partial charge on any atom is -0.383 e. The van der Waals surface area contributed by atoms with Crippen molar-refractivity contribution in [3.05, 3.63) is 35.4 Å². The topological polar surface area (TPSA) is 30.5 Å². The Bertz CT molecular complexity index is 408. The van der Waals surface area contributed by atoms with Crippen molar-refractivity contribution in [3.8, 4) is 0 Å². The Morgan fingerprint density at radius 2 is 2.15 bits per heavy atom. The molecule has 1 aliphatic rings. The van der Waals surface area contributed by atoms with E-state index in [0.29, 0.717) is 12.0 Å². The Kier molecular flexibility index (Phi) is 6.02. The maximum absolute atomic E-state index is 6.00. The molecule has 0 fully saturated rings. The number of nitrogens with one attached hydrogen (secondary N) is 1. The summed E-state index contributed by atoms with van der Waals surface area (Å²) in [6.07, 6.45) is 2.36. The third-order valence-corrected chi connectivity index (χ3v) is 4.30. The third kappa shape index (κ3) is 4.05. The number of methoxy groups -OCH3 is 1. The fourth-order valence-electron chi connectivity index (χ4n) is 2.80. The largest absolute Gasteiger partial charge is 0.383 e. The van der Waals surface area contributed by atoms with Gasteiger partial charge in [-0.05, 0) is 36.8 Å². The van der Waals surface area contributed by atoms with Crippen molar-refractivity contribution >= 4 is 0 Å². The van der Waals surface area contributed by atoms with E-state index in [-0.39, 0.29) is 6.10 Å². The van der Waals surface area contributed by atoms with E-state index in [2.05, 4.69) is 43.4 Å². The second-order valence-corrected chi connectivity index (χ2v) is 5.76. The van der Waals surface area contributed by atoms with Gasteiger partial charge < -0.3 is 14.8 Å². The maximum Gasteiger partial charge on any atom is 0.0830 e. The number of rotatable bonds is 7. The van der Waals surface area contributed by atoms with Crippen LogP contribution < -0.4 is 5.32 Å². The first kappa shape index (κ1) is 15.5. The number of hydrogen-bond acceptors (Lipinski definition) is 3. The lowest BCUT2D eigenvalue weighted by molar-refractivity contribution is 0.0235. The van der Waals surface area contributed by atoms with E-state index >= 15 is 0 Å². The molecule has 3 nitrogen and oxygen atoms in total. The van der Waals surface area contributed by atoms with Crippen LogP contribution in [0.4, 0.5) is 0 Å². The molecule has 1 N–H and O–H groups in total. The van der Waals surface area contributed by atoms with Crippen LogP contribution in [0.15, 0.2) is 24.3 Å². The highest BCUT2D eigenvalue weighted by Crippen LogP contribution is 2.32. The molecule has 0 aliphatic carbocycles. The highest BCUT2D eigenvalue weighted by molar-refractivity contribution is 5.30. The Morgan fingerprint density at radius 3 is 2.95 bits per heavy atom. The number of benzene rings is 1. The standard InChI is InChI=1S/C17H27NO2/c1-13(14(2)18-9-11-19-3)12-17-16-7-5-4-6-15(16)8-10-20-17/h4-7,13-14,17-18H,8-12H2,1-3H3. The monoisotopic (exact) mass is 277 g/mol. The zero-order chi connectivity index (χ0) is 14.4. The molecule has 0 saturated heterocycles. The average molecular weight is 277 g/mol. The van der Waals surface area contributed by atoms with Crippen molar-refractivity contribution in [1.29, 1.82) is 0 Å². The van der Waals surface area contributed by atoms with Crippen molar-refractivity contribution in [2.24, 2.45) is 5.92 Å². The van der Waals surface area contributed by atoms with Crippen LogP contribution in [0.25, 0.3) is 0 Å². The van der Waals surface area contributed by atoms with Crippen molar-refractivity contribution in [2.75, 3.05) is 26.9 Å². The molecule has 1 aromatic rings. The minimum atomic E-state index is 0.252. The van der Waals surface area contributed by atoms with Gasteiger partial charge in [0.05, 0.1) is 19.3 Å². The first-order chi connectivity index (χ1) is 9.72. The summed E-state index contributed by atoms with van der Waals surface area (Å²) in [6.45, 7) is 7.06. The lowest BCUT2D eigenvalue weighted by Gasteiger charge is -2.30. The van der Waals surface area contributed by atoms with Crippen molar-refractivity contribution in [1.82, 2.24) is 5.32 Å². The molecule has 0 bridgehead atoms. The summed E-state index contributed by atoms with van der Waals surface area (Å²) in [5.74, 6) is 0.572. The summed E-state index contributed by atoms with van der Waals surface area (Å²) >= 11 is 0. The molecule has 0 radical (unpaired) electrons. The summed E-state index contributed by atoms with van der Waals surface area (Å²) in [5.41, 5.74) is 2.84. The lowest BCUT2D eigenvalue weighted by atomic mass is 9.89. The Balaban J connectivity index is 1.90. The molecule has 1 aromatic carbocycles. The molecule has 1 heterocycles. The second-order valence-electron chi connectivity index (χ2n) is 5.76. The van der Waals surface area contributed by atoms with E-state index in [4.69, 9.17) is 9.47 Å². The average Bonchev–Trinajstić information content (AvgIpc) is 2.47. The molecule has 112 valence electrons. The maximum atomic E-state index is 6.00. The lowest BCUT2D eigenvalue weighted by Crippen LogP contribution is -2.35. The van der Waals surface area contributed by atoms with Gasteiger partial charge in [0.2, 0.25) is 0 Å². The van der Waals surface area contributed by atoms with Gasteiger partial charge in [-0.2, -0.15) is 0 Å². The van der Waals surface area contributed by atoms with Gasteiger partial charge in [0.15, 0.2) is 0 Å². The van der Waals surface area contributed by atoms with Gasteiger partial charge in [-0.15, -0.1) is 0 Å². The minimum absolute atomic E-state index is 0.252. The summed E-state index contributed by atoms with van der Waals surface area (Å²) in [5, 5.41) is 3.52. The Labute approximate surface area is 122 Å². The van der Waals surface area contributed by atoms with Crippen LogP contribution in [0.2, 0.25) is 0 Å². The third-order valence-electron chi connectivity index (χ3n) is 4.30. The summed E-state index contributed by atoms with van der Waals surface area (Å²) < 4.78 is 11.1. The van der Waals surface area contributed by atoms with Crippen LogP contribution in [-0.4, -0.2) is 32.9 Å². The molecule has 0 spiro atoms. The second kappa shape index (κ2) is 7.77. The fourth-order valence-corrected chi connectivity index (χ4v) is 2.80. The molecule has 1 aliphatic heterocycles. The van der Waals surface area contributed by atoms with E-state index in [1.54, 1.807) is 7.11 Å². The van der Waals surface area contributed by atoms with E-state index < -0.39 is 0 Å². The summed E-state index contributed by atoms with van der Waals surface area (Å²) in [7, 11) is 1.74. The van der Waals surface area contributed by atoms with Crippen LogP contribution in [0, 0.1) is 5.92 Å². The van der Waals surface area contributed by atoms with Crippen LogP contribution in [0.1, 0.15) is 37.5 Å². The molecule has 2 rings (SSSR count). The van der Waals surface area contributed by atoms with Crippen molar-refractivity contribution < 1.29 is 9.47 Å². The van der Waals surface area contributed by atoms with Gasteiger partial charge in [-0.1, -0.05) is 31.2 Å². The molecule has 0 aromatic heterocycles. The van der Waals surface area contributed by atoms with E-state index in [1.165, 1.54) is 11.1 Å². The Morgan fingerprint density at radius 1 is 1.35 bits per heavy atom. The highest BCUT2D eigenvalue weighted by Gasteiger charge is 2.24. The summed E-state index contributed by atoms with van der Waals surface area (Å²) in [6, 6.07) is 9.17. The molecule has 0 saturated carbocycles. The molecular weight excluding hydrogens is 250 g/mol. The van der Waals surface area contributed by atoms with Gasteiger partial charge in [0.1, 0.15) is 0 Å². The fraction of sp³-hybridized carbons (Fsp3) is 0.647. The van der Waals surface area contributed by atoms with E-state index in [1.807, 2.05) is 0 Å². The van der Waals surface area contributed by atoms with Gasteiger partial charge in [0, 0.05) is 19.7 Å². The summed E-state index contributed by atoms with van der Waals surface area (Å²) in [4.78, 5) is 0. The van der Waals surface area contributed by atoms with Crippen LogP contribution in [0.3, 0.4) is 0 Å². The van der Waals surface area contributed by atoms with Crippen LogP contribution >= 0.6 is 0 Å². The van der Waals surface area contributed by atoms with Crippen molar-refractivity contribution in [3.63, 3.8) is 0 Å². The molecule has 3 unspecified atom stereocenters. The predicted octanol–water partition coefficient (Wildman–Crippen LogP) is 2.95. The smallest absolute Gasteiger partial charge is 0.0830 e. The molecule has 20 heavy (non-hydrogen) atoms. The van der Waals surface area contributed by atoms with Crippen LogP contribution in [-0.2, 0) is 15.9 Å². The zero-order valence-electron chi connectivity index (χ0n) is 12.9. The zero-order valence-corrected chi connectivity index (χ0v) is 12.9. The Hall–Kier alpha value is -0.900.